The molecule has 2 aliphatic rings. The highest BCUT2D eigenvalue weighted by Crippen LogP contribution is 2.39. The van der Waals surface area contributed by atoms with Crippen molar-refractivity contribution in [2.75, 3.05) is 0 Å². The van der Waals surface area contributed by atoms with E-state index in [1.165, 1.54) is 6.07 Å². The summed E-state index contributed by atoms with van der Waals surface area (Å²) in [5.74, 6) is -0.222. The molecule has 2 aliphatic heterocycles. The second-order valence-electron chi connectivity index (χ2n) is 7.09. The van der Waals surface area contributed by atoms with Gasteiger partial charge in [0.05, 0.1) is 6.04 Å². The molecule has 0 aromatic heterocycles. The van der Waals surface area contributed by atoms with Gasteiger partial charge in [0.1, 0.15) is 11.4 Å². The van der Waals surface area contributed by atoms with Gasteiger partial charge in [-0.1, -0.05) is 18.2 Å². The Morgan fingerprint density at radius 1 is 1.32 bits per heavy atom. The average molecular weight is 303 g/mol. The van der Waals surface area contributed by atoms with E-state index in [4.69, 9.17) is 4.74 Å². The zero-order chi connectivity index (χ0) is 15.9. The number of rotatable bonds is 1. The predicted octanol–water partition coefficient (Wildman–Crippen LogP) is 4.38. The lowest BCUT2D eigenvalue weighted by molar-refractivity contribution is 0.0175. The smallest absolute Gasteiger partial charge is 0.411 e. The summed E-state index contributed by atoms with van der Waals surface area (Å²) in [6.45, 7) is 5.64. The van der Waals surface area contributed by atoms with Gasteiger partial charge in [0.2, 0.25) is 0 Å². The Bertz CT molecular complexity index is 618. The molecule has 2 bridgehead atoms. The number of carbonyl (C=O) groups excluding carboxylic acids is 1. The summed E-state index contributed by atoms with van der Waals surface area (Å²) in [5, 5.41) is 0. The normalized spacial score (nSPS) is 24.2. The van der Waals surface area contributed by atoms with Crippen molar-refractivity contribution in [3.63, 3.8) is 0 Å². The number of hydrogen-bond acceptors (Lipinski definition) is 2. The number of benzene rings is 1. The molecule has 1 aromatic rings. The second-order valence-corrected chi connectivity index (χ2v) is 7.09. The molecule has 0 spiro atoms. The molecule has 2 unspecified atom stereocenters. The Morgan fingerprint density at radius 2 is 2.09 bits per heavy atom. The van der Waals surface area contributed by atoms with Gasteiger partial charge in [-0.25, -0.2) is 9.18 Å². The zero-order valence-electron chi connectivity index (χ0n) is 13.3. The lowest BCUT2D eigenvalue weighted by atomic mass is 9.95. The molecule has 0 radical (unpaired) electrons. The summed E-state index contributed by atoms with van der Waals surface area (Å²) >= 11 is 0. The predicted molar refractivity (Wildman–Crippen MR) is 83.9 cm³/mol. The quantitative estimate of drug-likeness (QED) is 0.770. The number of fused-ring (bicyclic) bond motifs is 2. The lowest BCUT2D eigenvalue weighted by Crippen LogP contribution is -2.45. The van der Waals surface area contributed by atoms with Crippen LogP contribution in [0.3, 0.4) is 0 Å². The maximum atomic E-state index is 13.4. The standard InChI is InChI=1S/C18H22FNO2/c1-18(2,3)22-17(21)20-15-7-8-16(20)11-13(10-15)12-5-4-6-14(19)9-12/h4-6,9-10,15-16H,7-8,11H2,1-3H3. The molecular weight excluding hydrogens is 281 g/mol. The highest BCUT2D eigenvalue weighted by molar-refractivity contribution is 5.75. The van der Waals surface area contributed by atoms with E-state index < -0.39 is 5.60 Å². The molecule has 0 N–H and O–H groups in total. The van der Waals surface area contributed by atoms with E-state index >= 15 is 0 Å². The Morgan fingerprint density at radius 3 is 2.73 bits per heavy atom. The van der Waals surface area contributed by atoms with Gasteiger partial charge in [0.25, 0.3) is 0 Å². The molecule has 0 saturated carbocycles. The fourth-order valence-corrected chi connectivity index (χ4v) is 3.33. The van der Waals surface area contributed by atoms with E-state index in [1.54, 1.807) is 12.1 Å². The van der Waals surface area contributed by atoms with Gasteiger partial charge in [-0.05, 0) is 63.3 Å². The average Bonchev–Trinajstić information content (AvgIpc) is 2.68. The van der Waals surface area contributed by atoms with E-state index in [0.717, 1.165) is 30.4 Å². The van der Waals surface area contributed by atoms with Crippen molar-refractivity contribution in [2.45, 2.75) is 57.7 Å². The van der Waals surface area contributed by atoms with Gasteiger partial charge in [0.15, 0.2) is 0 Å². The summed E-state index contributed by atoms with van der Waals surface area (Å²) in [6.07, 6.45) is 4.54. The minimum absolute atomic E-state index is 0.0619. The van der Waals surface area contributed by atoms with Crippen LogP contribution in [0.2, 0.25) is 0 Å². The van der Waals surface area contributed by atoms with Crippen LogP contribution in [0.1, 0.15) is 45.6 Å². The topological polar surface area (TPSA) is 29.5 Å². The SMILES string of the molecule is CC(C)(C)OC(=O)N1C2C=C(c3cccc(F)c3)CC1CC2. The lowest BCUT2D eigenvalue weighted by Gasteiger charge is -2.35. The van der Waals surface area contributed by atoms with Crippen molar-refractivity contribution >= 4 is 11.7 Å². The Kier molecular flexibility index (Phi) is 3.71. The van der Waals surface area contributed by atoms with Crippen LogP contribution in [0.5, 0.6) is 0 Å². The molecule has 0 aliphatic carbocycles. The van der Waals surface area contributed by atoms with Gasteiger partial charge < -0.3 is 4.74 Å². The monoisotopic (exact) mass is 303 g/mol. The first-order valence-corrected chi connectivity index (χ1v) is 7.81. The van der Waals surface area contributed by atoms with Gasteiger partial charge in [-0.2, -0.15) is 0 Å². The van der Waals surface area contributed by atoms with Crippen molar-refractivity contribution in [3.8, 4) is 0 Å². The van der Waals surface area contributed by atoms with Crippen molar-refractivity contribution < 1.29 is 13.9 Å². The van der Waals surface area contributed by atoms with Crippen molar-refractivity contribution in [1.29, 1.82) is 0 Å². The fourth-order valence-electron chi connectivity index (χ4n) is 3.33. The summed E-state index contributed by atoms with van der Waals surface area (Å²) < 4.78 is 18.9. The van der Waals surface area contributed by atoms with Crippen LogP contribution in [0.4, 0.5) is 9.18 Å². The van der Waals surface area contributed by atoms with E-state index in [0.29, 0.717) is 0 Å². The molecule has 1 amide bonds. The van der Waals surface area contributed by atoms with Crippen LogP contribution in [0.15, 0.2) is 30.3 Å². The first kappa shape index (κ1) is 15.1. The molecule has 1 fully saturated rings. The van der Waals surface area contributed by atoms with Crippen LogP contribution >= 0.6 is 0 Å². The van der Waals surface area contributed by atoms with Gasteiger partial charge in [-0.15, -0.1) is 0 Å². The molecule has 2 atom stereocenters. The van der Waals surface area contributed by atoms with Gasteiger partial charge >= 0.3 is 6.09 Å². The van der Waals surface area contributed by atoms with Crippen molar-refractivity contribution in [1.82, 2.24) is 4.90 Å². The van der Waals surface area contributed by atoms with Gasteiger partial charge in [-0.3, -0.25) is 4.90 Å². The Labute approximate surface area is 130 Å². The third-order valence-corrected chi connectivity index (χ3v) is 4.20. The molecule has 1 saturated heterocycles. The highest BCUT2D eigenvalue weighted by atomic mass is 19.1. The minimum Gasteiger partial charge on any atom is -0.444 e. The maximum Gasteiger partial charge on any atom is 0.411 e. The molecule has 3 nitrogen and oxygen atoms in total. The number of amides is 1. The summed E-state index contributed by atoms with van der Waals surface area (Å²) in [6, 6.07) is 6.89. The summed E-state index contributed by atoms with van der Waals surface area (Å²) in [7, 11) is 0. The zero-order valence-corrected chi connectivity index (χ0v) is 13.3. The second kappa shape index (κ2) is 5.41. The molecule has 22 heavy (non-hydrogen) atoms. The molecule has 3 rings (SSSR count). The first-order chi connectivity index (χ1) is 10.3. The number of halogens is 1. The highest BCUT2D eigenvalue weighted by Gasteiger charge is 2.41. The third kappa shape index (κ3) is 3.01. The minimum atomic E-state index is -0.483. The fraction of sp³-hybridized carbons (Fsp3) is 0.500. The third-order valence-electron chi connectivity index (χ3n) is 4.20. The Hall–Kier alpha value is -1.84. The largest absolute Gasteiger partial charge is 0.444 e. The van der Waals surface area contributed by atoms with Crippen LogP contribution in [-0.4, -0.2) is 28.7 Å². The Balaban J connectivity index is 1.82. The van der Waals surface area contributed by atoms with Crippen LogP contribution < -0.4 is 0 Å². The number of ether oxygens (including phenoxy) is 1. The number of hydrogen-bond donors (Lipinski definition) is 0. The van der Waals surface area contributed by atoms with Crippen LogP contribution in [-0.2, 0) is 4.74 Å². The molecular formula is C18H22FNO2. The van der Waals surface area contributed by atoms with E-state index in [2.05, 4.69) is 6.08 Å². The van der Waals surface area contributed by atoms with Crippen molar-refractivity contribution in [3.05, 3.63) is 41.7 Å². The molecule has 4 heteroatoms. The molecule has 118 valence electrons. The molecule has 1 aromatic carbocycles. The maximum absolute atomic E-state index is 13.4. The van der Waals surface area contributed by atoms with E-state index in [-0.39, 0.29) is 24.0 Å². The van der Waals surface area contributed by atoms with Crippen LogP contribution in [0, 0.1) is 5.82 Å². The van der Waals surface area contributed by atoms with E-state index in [9.17, 15) is 9.18 Å². The van der Waals surface area contributed by atoms with E-state index in [1.807, 2.05) is 31.7 Å². The van der Waals surface area contributed by atoms with Crippen LogP contribution in [0.25, 0.3) is 5.57 Å². The first-order valence-electron chi connectivity index (χ1n) is 7.81. The summed E-state index contributed by atoms with van der Waals surface area (Å²) in [5.41, 5.74) is 1.57. The van der Waals surface area contributed by atoms with Crippen molar-refractivity contribution in [2.24, 2.45) is 0 Å². The number of carbonyl (C=O) groups is 1. The van der Waals surface area contributed by atoms with Gasteiger partial charge in [0, 0.05) is 6.04 Å². The summed E-state index contributed by atoms with van der Waals surface area (Å²) in [4.78, 5) is 14.2. The molecule has 2 heterocycles. The number of nitrogens with zero attached hydrogens (tertiary/aromatic N) is 1.